The van der Waals surface area contributed by atoms with Crippen LogP contribution in [0.5, 0.6) is 0 Å². The van der Waals surface area contributed by atoms with Gasteiger partial charge in [-0.15, -0.1) is 11.6 Å². The van der Waals surface area contributed by atoms with E-state index in [1.165, 1.54) is 0 Å². The molecule has 0 N–H and O–H groups in total. The number of alkyl halides is 1. The number of carbonyl (C=O) groups excluding carboxylic acids is 2. The van der Waals surface area contributed by atoms with Gasteiger partial charge >= 0.3 is 5.97 Å². The Morgan fingerprint density at radius 1 is 1.00 bits per heavy atom. The summed E-state index contributed by atoms with van der Waals surface area (Å²) in [7, 11) is 0. The Balaban J connectivity index is 2.26. The van der Waals surface area contributed by atoms with Crippen LogP contribution in [0, 0.1) is 0 Å². The number of hydrogen-bond donors (Lipinski definition) is 0. The molecule has 0 radical (unpaired) electrons. The lowest BCUT2D eigenvalue weighted by atomic mass is 9.98. The molecule has 0 bridgehead atoms. The van der Waals surface area contributed by atoms with Crippen molar-refractivity contribution >= 4 is 23.4 Å². The molecule has 3 nitrogen and oxygen atoms in total. The van der Waals surface area contributed by atoms with Gasteiger partial charge in [-0.2, -0.15) is 0 Å². The second kappa shape index (κ2) is 7.04. The summed E-state index contributed by atoms with van der Waals surface area (Å²) >= 11 is 5.85. The maximum Gasteiger partial charge on any atom is 0.338 e. The van der Waals surface area contributed by atoms with E-state index in [9.17, 15) is 9.59 Å². The molecule has 0 aliphatic rings. The first-order valence-electron chi connectivity index (χ1n) is 6.63. The predicted octanol–water partition coefficient (Wildman–Crippen LogP) is 3.83. The normalized spacial score (nSPS) is 10.2. The number of halogens is 1. The molecule has 21 heavy (non-hydrogen) atoms. The smallest absolute Gasteiger partial charge is 0.338 e. The van der Waals surface area contributed by atoms with Crippen molar-refractivity contribution in [1.29, 1.82) is 0 Å². The number of esters is 1. The summed E-state index contributed by atoms with van der Waals surface area (Å²) in [5.74, 6) is -0.220. The van der Waals surface area contributed by atoms with Gasteiger partial charge in [-0.3, -0.25) is 4.79 Å². The van der Waals surface area contributed by atoms with Crippen molar-refractivity contribution in [1.82, 2.24) is 0 Å². The van der Waals surface area contributed by atoms with E-state index >= 15 is 0 Å². The van der Waals surface area contributed by atoms with Crippen LogP contribution in [-0.4, -0.2) is 18.4 Å². The minimum Gasteiger partial charge on any atom is -0.462 e. The molecule has 0 aliphatic carbocycles. The fourth-order valence-electron chi connectivity index (χ4n) is 1.99. The zero-order valence-corrected chi connectivity index (χ0v) is 12.4. The molecule has 2 rings (SSSR count). The summed E-state index contributed by atoms with van der Waals surface area (Å²) < 4.78 is 4.91. The lowest BCUT2D eigenvalue weighted by Crippen LogP contribution is -2.07. The van der Waals surface area contributed by atoms with E-state index in [-0.39, 0.29) is 11.7 Å². The van der Waals surface area contributed by atoms with Crippen molar-refractivity contribution in [2.24, 2.45) is 0 Å². The lowest BCUT2D eigenvalue weighted by molar-refractivity contribution is 0.0526. The van der Waals surface area contributed by atoms with Crippen molar-refractivity contribution in [3.05, 3.63) is 70.8 Å². The number of benzene rings is 2. The van der Waals surface area contributed by atoms with Crippen molar-refractivity contribution < 1.29 is 14.3 Å². The lowest BCUT2D eigenvalue weighted by Gasteiger charge is -2.07. The zero-order chi connectivity index (χ0) is 15.2. The Labute approximate surface area is 128 Å². The van der Waals surface area contributed by atoms with Crippen LogP contribution in [0.4, 0.5) is 0 Å². The van der Waals surface area contributed by atoms with Gasteiger partial charge in [0, 0.05) is 17.0 Å². The highest BCUT2D eigenvalue weighted by Crippen LogP contribution is 2.17. The van der Waals surface area contributed by atoms with Crippen LogP contribution in [0.1, 0.15) is 38.8 Å². The molecule has 0 aliphatic heterocycles. The summed E-state index contributed by atoms with van der Waals surface area (Å²) in [5.41, 5.74) is 2.31. The third-order valence-corrected chi connectivity index (χ3v) is 3.35. The molecule has 0 amide bonds. The first kappa shape index (κ1) is 15.3. The largest absolute Gasteiger partial charge is 0.462 e. The number of rotatable bonds is 5. The SMILES string of the molecule is CCOC(=O)c1ccc(C(=O)c2ccccc2CCl)cc1. The topological polar surface area (TPSA) is 43.4 Å². The first-order chi connectivity index (χ1) is 10.2. The fraction of sp³-hybridized carbons (Fsp3) is 0.176. The standard InChI is InChI=1S/C17H15ClO3/c1-2-21-17(20)13-9-7-12(8-10-13)16(19)15-6-4-3-5-14(15)11-18/h3-10H,2,11H2,1H3. The van der Waals surface area contributed by atoms with Gasteiger partial charge in [0.1, 0.15) is 0 Å². The molecule has 0 heterocycles. The minimum atomic E-state index is -0.391. The van der Waals surface area contributed by atoms with E-state index in [2.05, 4.69) is 0 Å². The van der Waals surface area contributed by atoms with Gasteiger partial charge in [-0.25, -0.2) is 4.79 Å². The van der Waals surface area contributed by atoms with Crippen LogP contribution in [0.3, 0.4) is 0 Å². The van der Waals surface area contributed by atoms with Crippen LogP contribution in [0.25, 0.3) is 0 Å². The number of ether oxygens (including phenoxy) is 1. The molecule has 0 unspecified atom stereocenters. The highest BCUT2D eigenvalue weighted by atomic mass is 35.5. The molecule has 0 aromatic heterocycles. The Morgan fingerprint density at radius 3 is 2.24 bits per heavy atom. The van der Waals surface area contributed by atoms with E-state index in [1.54, 1.807) is 43.3 Å². The maximum atomic E-state index is 12.5. The van der Waals surface area contributed by atoms with Gasteiger partial charge in [0.15, 0.2) is 5.78 Å². The van der Waals surface area contributed by atoms with Crippen molar-refractivity contribution in [2.45, 2.75) is 12.8 Å². The maximum absolute atomic E-state index is 12.5. The van der Waals surface area contributed by atoms with Gasteiger partial charge in [0.2, 0.25) is 0 Å². The average molecular weight is 303 g/mol. The van der Waals surface area contributed by atoms with Gasteiger partial charge in [-0.05, 0) is 24.6 Å². The van der Waals surface area contributed by atoms with Crippen LogP contribution in [-0.2, 0) is 10.6 Å². The van der Waals surface area contributed by atoms with E-state index in [0.29, 0.717) is 23.3 Å². The van der Waals surface area contributed by atoms with Gasteiger partial charge < -0.3 is 4.74 Å². The average Bonchev–Trinajstić information content (AvgIpc) is 2.54. The molecule has 0 spiro atoms. The highest BCUT2D eigenvalue weighted by Gasteiger charge is 2.14. The summed E-state index contributed by atoms with van der Waals surface area (Å²) in [6.45, 7) is 2.07. The molecule has 0 saturated carbocycles. The summed E-state index contributed by atoms with van der Waals surface area (Å²) in [5, 5.41) is 0. The molecule has 2 aromatic carbocycles. The second-order valence-corrected chi connectivity index (χ2v) is 4.68. The fourth-order valence-corrected chi connectivity index (χ4v) is 2.22. The molecule has 0 saturated heterocycles. The third-order valence-electron chi connectivity index (χ3n) is 3.06. The van der Waals surface area contributed by atoms with Gasteiger partial charge in [0.25, 0.3) is 0 Å². The summed E-state index contributed by atoms with van der Waals surface area (Å²) in [4.78, 5) is 24.0. The Kier molecular flexibility index (Phi) is 5.12. The Bertz CT molecular complexity index is 647. The number of ketones is 1. The van der Waals surface area contributed by atoms with Crippen molar-refractivity contribution in [2.75, 3.05) is 6.61 Å². The first-order valence-corrected chi connectivity index (χ1v) is 7.16. The van der Waals surface area contributed by atoms with E-state index in [0.717, 1.165) is 5.56 Å². The van der Waals surface area contributed by atoms with E-state index in [4.69, 9.17) is 16.3 Å². The molecule has 4 heteroatoms. The molecular weight excluding hydrogens is 288 g/mol. The van der Waals surface area contributed by atoms with Gasteiger partial charge in [-0.1, -0.05) is 36.4 Å². The quantitative estimate of drug-likeness (QED) is 0.479. The molecule has 108 valence electrons. The third kappa shape index (κ3) is 3.50. The van der Waals surface area contributed by atoms with Crippen LogP contribution < -0.4 is 0 Å². The van der Waals surface area contributed by atoms with Gasteiger partial charge in [0.05, 0.1) is 12.2 Å². The van der Waals surface area contributed by atoms with Crippen molar-refractivity contribution in [3.63, 3.8) is 0 Å². The van der Waals surface area contributed by atoms with E-state index < -0.39 is 5.97 Å². The minimum absolute atomic E-state index is 0.110. The monoisotopic (exact) mass is 302 g/mol. The van der Waals surface area contributed by atoms with Crippen molar-refractivity contribution in [3.8, 4) is 0 Å². The molecule has 2 aromatic rings. The second-order valence-electron chi connectivity index (χ2n) is 4.42. The Hall–Kier alpha value is -2.13. The van der Waals surface area contributed by atoms with Crippen LogP contribution in [0.2, 0.25) is 0 Å². The van der Waals surface area contributed by atoms with Crippen LogP contribution >= 0.6 is 11.6 Å². The Morgan fingerprint density at radius 2 is 1.62 bits per heavy atom. The van der Waals surface area contributed by atoms with Crippen LogP contribution in [0.15, 0.2) is 48.5 Å². The summed E-state index contributed by atoms with van der Waals surface area (Å²) in [6, 6.07) is 13.7. The molecular formula is C17H15ClO3. The highest BCUT2D eigenvalue weighted by molar-refractivity contribution is 6.18. The number of carbonyl (C=O) groups is 2. The number of hydrogen-bond acceptors (Lipinski definition) is 3. The zero-order valence-electron chi connectivity index (χ0n) is 11.6. The predicted molar refractivity (Wildman–Crippen MR) is 81.8 cm³/mol. The molecule has 0 fully saturated rings. The summed E-state index contributed by atoms with van der Waals surface area (Å²) in [6.07, 6.45) is 0. The van der Waals surface area contributed by atoms with E-state index in [1.807, 2.05) is 12.1 Å². The molecule has 0 atom stereocenters.